The van der Waals surface area contributed by atoms with Crippen molar-refractivity contribution in [1.29, 1.82) is 5.26 Å². The van der Waals surface area contributed by atoms with Crippen LogP contribution in [0.5, 0.6) is 0 Å². The van der Waals surface area contributed by atoms with Gasteiger partial charge in [-0.2, -0.15) is 5.26 Å². The van der Waals surface area contributed by atoms with Gasteiger partial charge in [-0.1, -0.05) is 30.0 Å². The standard InChI is InChI=1S/C18H15N3OS2/c19-10-14-13-8-4-5-9-15(13)24-17(14)20-18-21(16(22)11-23-18)12-6-2-1-3-7-12/h1-3,6-7H,4-5,8-9,11H2. The summed E-state index contributed by atoms with van der Waals surface area (Å²) in [5.74, 6) is 0.422. The Morgan fingerprint density at radius 1 is 1.17 bits per heavy atom. The molecule has 6 heteroatoms. The number of amidine groups is 1. The van der Waals surface area contributed by atoms with Crippen molar-refractivity contribution in [2.75, 3.05) is 10.7 Å². The number of thioether (sulfide) groups is 1. The highest BCUT2D eigenvalue weighted by molar-refractivity contribution is 8.15. The Kier molecular flexibility index (Phi) is 4.13. The maximum Gasteiger partial charge on any atom is 0.243 e. The predicted molar refractivity (Wildman–Crippen MR) is 99.2 cm³/mol. The molecule has 1 aliphatic heterocycles. The highest BCUT2D eigenvalue weighted by atomic mass is 32.2. The third-order valence-corrected chi connectivity index (χ3v) is 6.35. The number of para-hydroxylation sites is 1. The van der Waals surface area contributed by atoms with Crippen molar-refractivity contribution < 1.29 is 4.79 Å². The van der Waals surface area contributed by atoms with Crippen LogP contribution in [0.3, 0.4) is 0 Å². The fourth-order valence-corrected chi connectivity index (χ4v) is 5.25. The Labute approximate surface area is 148 Å². The molecule has 0 unspecified atom stereocenters. The van der Waals surface area contributed by atoms with E-state index in [2.05, 4.69) is 6.07 Å². The molecule has 1 fully saturated rings. The van der Waals surface area contributed by atoms with Crippen molar-refractivity contribution in [2.24, 2.45) is 4.99 Å². The van der Waals surface area contributed by atoms with Crippen LogP contribution < -0.4 is 4.90 Å². The van der Waals surface area contributed by atoms with E-state index in [1.54, 1.807) is 16.2 Å². The number of amides is 1. The molecule has 0 N–H and O–H groups in total. The largest absolute Gasteiger partial charge is 0.273 e. The van der Waals surface area contributed by atoms with Gasteiger partial charge >= 0.3 is 0 Å². The molecule has 0 saturated carbocycles. The number of hydrogen-bond donors (Lipinski definition) is 0. The first kappa shape index (κ1) is 15.4. The molecule has 2 heterocycles. The summed E-state index contributed by atoms with van der Waals surface area (Å²) < 4.78 is 0. The number of rotatable bonds is 2. The van der Waals surface area contributed by atoms with Crippen LogP contribution in [0.25, 0.3) is 0 Å². The lowest BCUT2D eigenvalue weighted by Crippen LogP contribution is -2.28. The number of thiophene rings is 1. The summed E-state index contributed by atoms with van der Waals surface area (Å²) in [5, 5.41) is 11.0. The number of hydrogen-bond acceptors (Lipinski definition) is 5. The van der Waals surface area contributed by atoms with Gasteiger partial charge in [0.1, 0.15) is 11.1 Å². The minimum absolute atomic E-state index is 0.0322. The van der Waals surface area contributed by atoms with E-state index in [-0.39, 0.29) is 5.91 Å². The van der Waals surface area contributed by atoms with Crippen LogP contribution in [0.4, 0.5) is 10.7 Å². The van der Waals surface area contributed by atoms with Gasteiger partial charge < -0.3 is 0 Å². The van der Waals surface area contributed by atoms with Gasteiger partial charge in [-0.15, -0.1) is 11.3 Å². The molecule has 0 atom stereocenters. The molecule has 1 aliphatic carbocycles. The minimum atomic E-state index is 0.0322. The van der Waals surface area contributed by atoms with Gasteiger partial charge in [0.2, 0.25) is 5.91 Å². The Hall–Kier alpha value is -2.10. The smallest absolute Gasteiger partial charge is 0.243 e. The molecular formula is C18H15N3OS2. The third-order valence-electron chi connectivity index (χ3n) is 4.24. The summed E-state index contributed by atoms with van der Waals surface area (Å²) in [6, 6.07) is 11.9. The zero-order valence-corrected chi connectivity index (χ0v) is 14.6. The molecule has 2 aliphatic rings. The molecule has 0 radical (unpaired) electrons. The summed E-state index contributed by atoms with van der Waals surface area (Å²) in [6.45, 7) is 0. The van der Waals surface area contributed by atoms with Crippen LogP contribution in [0.1, 0.15) is 28.8 Å². The second-order valence-corrected chi connectivity index (χ2v) is 7.78. The highest BCUT2D eigenvalue weighted by Gasteiger charge is 2.30. The lowest BCUT2D eigenvalue weighted by molar-refractivity contribution is -0.115. The van der Waals surface area contributed by atoms with E-state index in [1.165, 1.54) is 28.6 Å². The Morgan fingerprint density at radius 3 is 2.75 bits per heavy atom. The topological polar surface area (TPSA) is 56.5 Å². The minimum Gasteiger partial charge on any atom is -0.273 e. The first-order valence-corrected chi connectivity index (χ1v) is 9.72. The molecule has 2 aromatic rings. The number of aryl methyl sites for hydroxylation is 1. The maximum atomic E-state index is 12.3. The van der Waals surface area contributed by atoms with Crippen LogP contribution in [-0.4, -0.2) is 16.8 Å². The molecule has 120 valence electrons. The number of benzene rings is 1. The van der Waals surface area contributed by atoms with E-state index < -0.39 is 0 Å². The number of fused-ring (bicyclic) bond motifs is 1. The summed E-state index contributed by atoms with van der Waals surface area (Å²) in [6.07, 6.45) is 4.32. The van der Waals surface area contributed by atoms with Gasteiger partial charge in [-0.3, -0.25) is 9.69 Å². The van der Waals surface area contributed by atoms with Gasteiger partial charge in [-0.05, 0) is 43.4 Å². The number of nitrogens with zero attached hydrogens (tertiary/aromatic N) is 3. The Balaban J connectivity index is 1.77. The normalized spacial score (nSPS) is 18.7. The van der Waals surface area contributed by atoms with Crippen LogP contribution in [0, 0.1) is 11.3 Å². The zero-order chi connectivity index (χ0) is 16.5. The average Bonchev–Trinajstić information content (AvgIpc) is 3.15. The van der Waals surface area contributed by atoms with Crippen LogP contribution >= 0.6 is 23.1 Å². The Morgan fingerprint density at radius 2 is 1.96 bits per heavy atom. The van der Waals surface area contributed by atoms with Crippen molar-refractivity contribution in [2.45, 2.75) is 25.7 Å². The molecule has 0 bridgehead atoms. The molecular weight excluding hydrogens is 338 g/mol. The lowest BCUT2D eigenvalue weighted by atomic mass is 9.96. The molecule has 1 amide bonds. The van der Waals surface area contributed by atoms with Crippen molar-refractivity contribution in [3.8, 4) is 6.07 Å². The van der Waals surface area contributed by atoms with Crippen LogP contribution in [0.2, 0.25) is 0 Å². The van der Waals surface area contributed by atoms with Gasteiger partial charge in [0, 0.05) is 4.88 Å². The van der Waals surface area contributed by atoms with Gasteiger partial charge in [-0.25, -0.2) is 4.99 Å². The first-order chi connectivity index (χ1) is 11.8. The molecule has 1 saturated heterocycles. The quantitative estimate of drug-likeness (QED) is 0.810. The van der Waals surface area contributed by atoms with Gasteiger partial charge in [0.25, 0.3) is 0 Å². The second kappa shape index (κ2) is 6.42. The number of aliphatic imine (C=N–C) groups is 1. The predicted octanol–water partition coefficient (Wildman–Crippen LogP) is 4.27. The molecule has 1 aromatic carbocycles. The van der Waals surface area contributed by atoms with E-state index >= 15 is 0 Å². The second-order valence-electron chi connectivity index (χ2n) is 5.75. The fraction of sp³-hybridized carbons (Fsp3) is 0.278. The number of carbonyl (C=O) groups is 1. The van der Waals surface area contributed by atoms with E-state index in [0.29, 0.717) is 16.5 Å². The first-order valence-electron chi connectivity index (χ1n) is 7.92. The van der Waals surface area contributed by atoms with Crippen molar-refractivity contribution in [1.82, 2.24) is 0 Å². The summed E-state index contributed by atoms with van der Waals surface area (Å²) >= 11 is 3.05. The van der Waals surface area contributed by atoms with E-state index in [0.717, 1.165) is 30.0 Å². The summed E-state index contributed by atoms with van der Waals surface area (Å²) in [7, 11) is 0. The SMILES string of the molecule is N#Cc1c(N=C2SCC(=O)N2c2ccccc2)sc2c1CCCC2. The van der Waals surface area contributed by atoms with Crippen molar-refractivity contribution in [3.05, 3.63) is 46.3 Å². The molecule has 0 spiro atoms. The summed E-state index contributed by atoms with van der Waals surface area (Å²) in [4.78, 5) is 20.0. The van der Waals surface area contributed by atoms with Crippen LogP contribution in [0.15, 0.2) is 35.3 Å². The molecule has 4 nitrogen and oxygen atoms in total. The number of anilines is 1. The van der Waals surface area contributed by atoms with Crippen molar-refractivity contribution >= 4 is 44.9 Å². The number of carbonyl (C=O) groups excluding carboxylic acids is 1. The highest BCUT2D eigenvalue weighted by Crippen LogP contribution is 2.40. The van der Waals surface area contributed by atoms with Crippen LogP contribution in [-0.2, 0) is 17.6 Å². The monoisotopic (exact) mass is 353 g/mol. The third kappa shape index (κ3) is 2.64. The van der Waals surface area contributed by atoms with Gasteiger partial charge in [0.15, 0.2) is 5.17 Å². The zero-order valence-electron chi connectivity index (χ0n) is 13.0. The Bertz CT molecular complexity index is 864. The lowest BCUT2D eigenvalue weighted by Gasteiger charge is -2.15. The van der Waals surface area contributed by atoms with E-state index in [9.17, 15) is 10.1 Å². The molecule has 4 rings (SSSR count). The molecule has 1 aromatic heterocycles. The maximum absolute atomic E-state index is 12.3. The van der Waals surface area contributed by atoms with Crippen molar-refractivity contribution in [3.63, 3.8) is 0 Å². The number of nitriles is 1. The summed E-state index contributed by atoms with van der Waals surface area (Å²) in [5.41, 5.74) is 2.70. The average molecular weight is 353 g/mol. The fourth-order valence-electron chi connectivity index (χ4n) is 3.11. The van der Waals surface area contributed by atoms with Gasteiger partial charge in [0.05, 0.1) is 17.0 Å². The van der Waals surface area contributed by atoms with E-state index in [1.807, 2.05) is 30.3 Å². The van der Waals surface area contributed by atoms with E-state index in [4.69, 9.17) is 4.99 Å². The molecule has 24 heavy (non-hydrogen) atoms.